The Morgan fingerprint density at radius 3 is 2.68 bits per heavy atom. The van der Waals surface area contributed by atoms with E-state index in [4.69, 9.17) is 10.5 Å². The van der Waals surface area contributed by atoms with Crippen LogP contribution in [0.1, 0.15) is 31.1 Å². The molecule has 0 amide bonds. The van der Waals surface area contributed by atoms with Gasteiger partial charge >= 0.3 is 5.97 Å². The fourth-order valence-corrected chi connectivity index (χ4v) is 1.63. The molecular formula is C14H17N3O2. The van der Waals surface area contributed by atoms with E-state index < -0.39 is 5.60 Å². The highest BCUT2D eigenvalue weighted by Gasteiger charge is 2.18. The molecule has 100 valence electrons. The van der Waals surface area contributed by atoms with Gasteiger partial charge < -0.3 is 15.0 Å². The summed E-state index contributed by atoms with van der Waals surface area (Å²) in [6.07, 6.45) is 5.05. The van der Waals surface area contributed by atoms with Crippen LogP contribution in [-0.2, 0) is 4.74 Å². The van der Waals surface area contributed by atoms with Gasteiger partial charge in [-0.2, -0.15) is 0 Å². The molecule has 0 atom stereocenters. The van der Waals surface area contributed by atoms with E-state index in [-0.39, 0.29) is 5.97 Å². The highest BCUT2D eigenvalue weighted by molar-refractivity contribution is 5.91. The lowest BCUT2D eigenvalue weighted by Crippen LogP contribution is -2.24. The van der Waals surface area contributed by atoms with Crippen LogP contribution in [0.5, 0.6) is 0 Å². The summed E-state index contributed by atoms with van der Waals surface area (Å²) in [5.41, 5.74) is 7.14. The first-order chi connectivity index (χ1) is 8.87. The molecular weight excluding hydrogens is 242 g/mol. The van der Waals surface area contributed by atoms with Gasteiger partial charge in [0, 0.05) is 12.4 Å². The molecule has 1 aromatic heterocycles. The molecule has 0 saturated heterocycles. The van der Waals surface area contributed by atoms with Crippen molar-refractivity contribution in [1.29, 1.82) is 0 Å². The SMILES string of the molecule is CC(C)(C)OC(=O)c1ccc(N)c(-n2ccnc2)c1. The van der Waals surface area contributed by atoms with Crippen LogP contribution in [0.25, 0.3) is 5.69 Å². The van der Waals surface area contributed by atoms with Crippen molar-refractivity contribution in [3.63, 3.8) is 0 Å². The van der Waals surface area contributed by atoms with Gasteiger partial charge in [-0.25, -0.2) is 9.78 Å². The maximum atomic E-state index is 12.0. The Labute approximate surface area is 112 Å². The summed E-state index contributed by atoms with van der Waals surface area (Å²) in [4.78, 5) is 16.0. The number of esters is 1. The number of carbonyl (C=O) groups excluding carboxylic acids is 1. The van der Waals surface area contributed by atoms with Gasteiger partial charge in [-0.05, 0) is 39.0 Å². The number of rotatable bonds is 2. The number of imidazole rings is 1. The number of hydrogen-bond acceptors (Lipinski definition) is 4. The Morgan fingerprint density at radius 2 is 2.11 bits per heavy atom. The van der Waals surface area contributed by atoms with Crippen LogP contribution < -0.4 is 5.73 Å². The largest absolute Gasteiger partial charge is 0.456 e. The van der Waals surface area contributed by atoms with Crippen molar-refractivity contribution in [3.05, 3.63) is 42.5 Å². The molecule has 2 N–H and O–H groups in total. The molecule has 0 fully saturated rings. The Kier molecular flexibility index (Phi) is 3.29. The lowest BCUT2D eigenvalue weighted by Gasteiger charge is -2.19. The number of benzene rings is 1. The molecule has 2 aromatic rings. The summed E-state index contributed by atoms with van der Waals surface area (Å²) >= 11 is 0. The number of hydrogen-bond donors (Lipinski definition) is 1. The third-order valence-electron chi connectivity index (χ3n) is 2.45. The Balaban J connectivity index is 2.34. The van der Waals surface area contributed by atoms with Crippen molar-refractivity contribution in [2.75, 3.05) is 5.73 Å². The monoisotopic (exact) mass is 259 g/mol. The van der Waals surface area contributed by atoms with E-state index >= 15 is 0 Å². The van der Waals surface area contributed by atoms with Gasteiger partial charge in [-0.15, -0.1) is 0 Å². The molecule has 0 saturated carbocycles. The molecule has 0 bridgehead atoms. The zero-order valence-electron chi connectivity index (χ0n) is 11.3. The summed E-state index contributed by atoms with van der Waals surface area (Å²) in [7, 11) is 0. The average Bonchev–Trinajstić information content (AvgIpc) is 2.80. The lowest BCUT2D eigenvalue weighted by atomic mass is 10.1. The van der Waals surface area contributed by atoms with E-state index in [0.29, 0.717) is 16.9 Å². The normalized spacial score (nSPS) is 11.3. The quantitative estimate of drug-likeness (QED) is 0.664. The summed E-state index contributed by atoms with van der Waals surface area (Å²) < 4.78 is 7.08. The number of aromatic nitrogens is 2. The van der Waals surface area contributed by atoms with Crippen LogP contribution in [0.2, 0.25) is 0 Å². The molecule has 0 aliphatic heterocycles. The van der Waals surface area contributed by atoms with Crippen LogP contribution in [0, 0.1) is 0 Å². The van der Waals surface area contributed by atoms with Gasteiger partial charge in [-0.3, -0.25) is 0 Å². The molecule has 0 unspecified atom stereocenters. The Morgan fingerprint density at radius 1 is 1.37 bits per heavy atom. The molecule has 0 radical (unpaired) electrons. The molecule has 5 nitrogen and oxygen atoms in total. The number of anilines is 1. The van der Waals surface area contributed by atoms with Crippen molar-refractivity contribution in [1.82, 2.24) is 9.55 Å². The highest BCUT2D eigenvalue weighted by atomic mass is 16.6. The average molecular weight is 259 g/mol. The van der Waals surface area contributed by atoms with Crippen LogP contribution in [0.3, 0.4) is 0 Å². The predicted molar refractivity (Wildman–Crippen MR) is 73.1 cm³/mol. The van der Waals surface area contributed by atoms with Crippen molar-refractivity contribution in [2.24, 2.45) is 0 Å². The van der Waals surface area contributed by atoms with Gasteiger partial charge in [0.2, 0.25) is 0 Å². The minimum atomic E-state index is -0.520. The fraction of sp³-hybridized carbons (Fsp3) is 0.286. The van der Waals surface area contributed by atoms with Crippen LogP contribution in [-0.4, -0.2) is 21.1 Å². The van der Waals surface area contributed by atoms with Gasteiger partial charge in [0.15, 0.2) is 0 Å². The lowest BCUT2D eigenvalue weighted by molar-refractivity contribution is 0.00695. The molecule has 2 rings (SSSR count). The van der Waals surface area contributed by atoms with Gasteiger partial charge in [-0.1, -0.05) is 0 Å². The smallest absolute Gasteiger partial charge is 0.338 e. The molecule has 19 heavy (non-hydrogen) atoms. The second-order valence-electron chi connectivity index (χ2n) is 5.25. The van der Waals surface area contributed by atoms with E-state index in [1.165, 1.54) is 0 Å². The van der Waals surface area contributed by atoms with E-state index in [0.717, 1.165) is 0 Å². The van der Waals surface area contributed by atoms with Crippen LogP contribution >= 0.6 is 0 Å². The molecule has 1 aromatic carbocycles. The zero-order chi connectivity index (χ0) is 14.0. The third kappa shape index (κ3) is 3.13. The number of carbonyl (C=O) groups is 1. The van der Waals surface area contributed by atoms with Crippen molar-refractivity contribution < 1.29 is 9.53 Å². The minimum Gasteiger partial charge on any atom is -0.456 e. The van der Waals surface area contributed by atoms with Crippen LogP contribution in [0.4, 0.5) is 5.69 Å². The molecule has 1 heterocycles. The zero-order valence-corrected chi connectivity index (χ0v) is 11.3. The van der Waals surface area contributed by atoms with Crippen LogP contribution in [0.15, 0.2) is 36.9 Å². The van der Waals surface area contributed by atoms with Gasteiger partial charge in [0.1, 0.15) is 5.60 Å². The van der Waals surface area contributed by atoms with E-state index in [1.54, 1.807) is 41.5 Å². The first-order valence-electron chi connectivity index (χ1n) is 5.98. The molecule has 0 aliphatic carbocycles. The number of nitrogens with zero attached hydrogens (tertiary/aromatic N) is 2. The second-order valence-corrected chi connectivity index (χ2v) is 5.25. The van der Waals surface area contributed by atoms with Crippen molar-refractivity contribution in [3.8, 4) is 5.69 Å². The van der Waals surface area contributed by atoms with Gasteiger partial charge in [0.25, 0.3) is 0 Å². The predicted octanol–water partition coefficient (Wildman–Crippen LogP) is 2.41. The van der Waals surface area contributed by atoms with E-state index in [2.05, 4.69) is 4.98 Å². The van der Waals surface area contributed by atoms with Crippen molar-refractivity contribution >= 4 is 11.7 Å². The summed E-state index contributed by atoms with van der Waals surface area (Å²) in [6.45, 7) is 5.50. The Hall–Kier alpha value is -2.30. The second kappa shape index (κ2) is 4.76. The topological polar surface area (TPSA) is 70.1 Å². The highest BCUT2D eigenvalue weighted by Crippen LogP contribution is 2.20. The maximum absolute atomic E-state index is 12.0. The Bertz CT molecular complexity index is 583. The summed E-state index contributed by atoms with van der Waals surface area (Å²) in [5, 5.41) is 0. The third-order valence-corrected chi connectivity index (χ3v) is 2.45. The number of ether oxygens (including phenoxy) is 1. The summed E-state index contributed by atoms with van der Waals surface area (Å²) in [6, 6.07) is 5.05. The number of nitrogen functional groups attached to an aromatic ring is 1. The molecule has 5 heteroatoms. The standard InChI is InChI=1S/C14H17N3O2/c1-14(2,3)19-13(18)10-4-5-11(15)12(8-10)17-7-6-16-9-17/h4-9H,15H2,1-3H3. The van der Waals surface area contributed by atoms with E-state index in [1.807, 2.05) is 20.8 Å². The molecule has 0 aliphatic rings. The maximum Gasteiger partial charge on any atom is 0.338 e. The van der Waals surface area contributed by atoms with E-state index in [9.17, 15) is 4.79 Å². The first kappa shape index (κ1) is 13.1. The van der Waals surface area contributed by atoms with Crippen molar-refractivity contribution in [2.45, 2.75) is 26.4 Å². The molecule has 0 spiro atoms. The fourth-order valence-electron chi connectivity index (χ4n) is 1.63. The minimum absolute atomic E-state index is 0.367. The van der Waals surface area contributed by atoms with Gasteiger partial charge in [0.05, 0.1) is 23.3 Å². The number of nitrogens with two attached hydrogens (primary N) is 1. The first-order valence-corrected chi connectivity index (χ1v) is 5.98. The summed E-state index contributed by atoms with van der Waals surface area (Å²) in [5.74, 6) is -0.367.